The summed E-state index contributed by atoms with van der Waals surface area (Å²) >= 11 is 0. The van der Waals surface area contributed by atoms with Crippen molar-refractivity contribution in [2.24, 2.45) is 0 Å². The second kappa shape index (κ2) is 10.3. The minimum absolute atomic E-state index is 0.0831. The topological polar surface area (TPSA) is 96.0 Å². The van der Waals surface area contributed by atoms with E-state index in [4.69, 9.17) is 12.9 Å². The Morgan fingerprint density at radius 3 is 1.50 bits per heavy atom. The van der Waals surface area contributed by atoms with Crippen LogP contribution in [0.5, 0.6) is 0 Å². The molecule has 0 bridgehead atoms. The molecule has 0 spiro atoms. The van der Waals surface area contributed by atoms with Gasteiger partial charge in [-0.15, -0.1) is 0 Å². The monoisotopic (exact) mass is 550 g/mol. The molecule has 0 amide bonds. The molecule has 2 atom stereocenters. The van der Waals surface area contributed by atoms with Gasteiger partial charge < -0.3 is 0 Å². The van der Waals surface area contributed by atoms with Gasteiger partial charge in [-0.3, -0.25) is 0 Å². The molecule has 0 aliphatic carbocycles. The van der Waals surface area contributed by atoms with Gasteiger partial charge in [0.2, 0.25) is 0 Å². The molecule has 36 heavy (non-hydrogen) atoms. The van der Waals surface area contributed by atoms with E-state index in [9.17, 15) is 16.8 Å². The van der Waals surface area contributed by atoms with Crippen LogP contribution in [-0.4, -0.2) is 54.3 Å². The van der Waals surface area contributed by atoms with E-state index in [-0.39, 0.29) is 12.8 Å². The van der Waals surface area contributed by atoms with Gasteiger partial charge in [0, 0.05) is 0 Å². The van der Waals surface area contributed by atoms with Gasteiger partial charge in [-0.2, -0.15) is 0 Å². The van der Waals surface area contributed by atoms with Crippen LogP contribution in [0.25, 0.3) is 0 Å². The normalized spacial score (nSPS) is 20.0. The predicted octanol–water partition coefficient (Wildman–Crippen LogP) is 2.93. The number of rotatable bonds is 10. The van der Waals surface area contributed by atoms with Gasteiger partial charge in [0.05, 0.1) is 0 Å². The van der Waals surface area contributed by atoms with Crippen LogP contribution >= 0.6 is 6.83 Å². The summed E-state index contributed by atoms with van der Waals surface area (Å²) < 4.78 is 67.0. The van der Waals surface area contributed by atoms with E-state index in [2.05, 4.69) is 0 Å². The number of hydrogen-bond donors (Lipinski definition) is 0. The molecular formula is C26H31O7PS2. The van der Waals surface area contributed by atoms with Crippen LogP contribution < -0.4 is 15.9 Å². The van der Waals surface area contributed by atoms with Crippen LogP contribution in [0.1, 0.15) is 12.8 Å². The van der Waals surface area contributed by atoms with Crippen LogP contribution in [0.15, 0.2) is 91.0 Å². The SMILES string of the molecule is CS(=O)(=O)OC[C@@H]1CC[C@H](CP(OS(C)(=O)=O)(c2ccccc2)(c2ccccc2)c2ccccc2)O1. The van der Waals surface area contributed by atoms with Crippen LogP contribution in [0.4, 0.5) is 0 Å². The Kier molecular flexibility index (Phi) is 7.72. The first-order valence-electron chi connectivity index (χ1n) is 11.6. The molecule has 1 heterocycles. The van der Waals surface area contributed by atoms with Crippen molar-refractivity contribution in [2.75, 3.05) is 25.3 Å². The standard InChI is InChI=1S/C26H31O7PS2/c1-35(27,28)31-20-22-18-19-23(32-22)21-34(33-36(2,29)30,24-12-6-3-7-13-24,25-14-8-4-9-15-25)26-16-10-5-11-17-26/h3-17,22-23H,18-21H2,1-2H3/t22-,23+/m0/s1. The molecule has 3 aromatic carbocycles. The molecule has 1 saturated heterocycles. The van der Waals surface area contributed by atoms with Crippen molar-refractivity contribution in [2.45, 2.75) is 25.0 Å². The van der Waals surface area contributed by atoms with E-state index in [1.165, 1.54) is 0 Å². The summed E-state index contributed by atoms with van der Waals surface area (Å²) in [6.45, 7) is -4.25. The maximum absolute atomic E-state index is 13.1. The average Bonchev–Trinajstić information content (AvgIpc) is 3.30. The Morgan fingerprint density at radius 2 is 1.11 bits per heavy atom. The van der Waals surface area contributed by atoms with Crippen LogP contribution in [-0.2, 0) is 33.1 Å². The summed E-state index contributed by atoms with van der Waals surface area (Å²) in [6.07, 6.45) is 2.74. The Morgan fingerprint density at radius 1 is 0.694 bits per heavy atom. The molecule has 3 aromatic rings. The number of hydrogen-bond acceptors (Lipinski definition) is 7. The van der Waals surface area contributed by atoms with Gasteiger partial charge in [-0.1, -0.05) is 0 Å². The first-order valence-corrected chi connectivity index (χ1v) is 17.6. The summed E-state index contributed by atoms with van der Waals surface area (Å²) in [6, 6.07) is 28.5. The fourth-order valence-electron chi connectivity index (χ4n) is 5.08. The maximum atomic E-state index is 13.1. The summed E-state index contributed by atoms with van der Waals surface area (Å²) in [5, 5.41) is 2.31. The van der Waals surface area contributed by atoms with E-state index in [1.807, 2.05) is 91.0 Å². The minimum atomic E-state index is -4.16. The van der Waals surface area contributed by atoms with Gasteiger partial charge in [0.15, 0.2) is 0 Å². The molecular weight excluding hydrogens is 519 g/mol. The zero-order valence-corrected chi connectivity index (χ0v) is 22.8. The van der Waals surface area contributed by atoms with E-state index < -0.39 is 39.3 Å². The second-order valence-electron chi connectivity index (χ2n) is 9.13. The fraction of sp³-hybridized carbons (Fsp3) is 0.308. The van der Waals surface area contributed by atoms with E-state index in [0.717, 1.165) is 28.4 Å². The van der Waals surface area contributed by atoms with Crippen molar-refractivity contribution in [1.82, 2.24) is 0 Å². The molecule has 194 valence electrons. The Balaban J connectivity index is 1.94. The molecule has 0 radical (unpaired) electrons. The number of ether oxygens (including phenoxy) is 1. The molecule has 4 rings (SSSR count). The molecule has 7 nitrogen and oxygen atoms in total. The van der Waals surface area contributed by atoms with E-state index >= 15 is 0 Å². The van der Waals surface area contributed by atoms with Gasteiger partial charge in [0.25, 0.3) is 0 Å². The molecule has 10 heteroatoms. The third kappa shape index (κ3) is 5.57. The average molecular weight is 551 g/mol. The van der Waals surface area contributed by atoms with Gasteiger partial charge in [-0.25, -0.2) is 0 Å². The van der Waals surface area contributed by atoms with Crippen molar-refractivity contribution in [3.8, 4) is 0 Å². The van der Waals surface area contributed by atoms with Gasteiger partial charge in [0.1, 0.15) is 0 Å². The zero-order valence-electron chi connectivity index (χ0n) is 20.3. The van der Waals surface area contributed by atoms with Crippen molar-refractivity contribution in [1.29, 1.82) is 0 Å². The first kappa shape index (κ1) is 26.9. The third-order valence-electron chi connectivity index (χ3n) is 6.42. The summed E-state index contributed by atoms with van der Waals surface area (Å²) in [4.78, 5) is 0. The molecule has 0 N–H and O–H groups in total. The third-order valence-corrected chi connectivity index (χ3v) is 14.7. The molecule has 0 aromatic heterocycles. The summed E-state index contributed by atoms with van der Waals surface area (Å²) in [5.41, 5.74) is 0. The summed E-state index contributed by atoms with van der Waals surface area (Å²) in [5.74, 6) is 0. The molecule has 0 saturated carbocycles. The van der Waals surface area contributed by atoms with Gasteiger partial charge >= 0.3 is 214 Å². The van der Waals surface area contributed by atoms with E-state index in [1.54, 1.807) is 0 Å². The van der Waals surface area contributed by atoms with Crippen LogP contribution in [0.2, 0.25) is 0 Å². The van der Waals surface area contributed by atoms with Gasteiger partial charge in [-0.05, 0) is 0 Å². The van der Waals surface area contributed by atoms with Crippen molar-refractivity contribution in [3.63, 3.8) is 0 Å². The summed E-state index contributed by atoms with van der Waals surface area (Å²) in [7, 11) is -7.58. The molecule has 1 fully saturated rings. The fourth-order valence-corrected chi connectivity index (χ4v) is 14.1. The Bertz CT molecular complexity index is 1280. The van der Waals surface area contributed by atoms with Crippen LogP contribution in [0.3, 0.4) is 0 Å². The Hall–Kier alpha value is -2.13. The quantitative estimate of drug-likeness (QED) is 0.283. The van der Waals surface area contributed by atoms with Crippen molar-refractivity contribution in [3.05, 3.63) is 91.0 Å². The van der Waals surface area contributed by atoms with Crippen molar-refractivity contribution < 1.29 is 29.7 Å². The zero-order chi connectivity index (χ0) is 25.9. The first-order chi connectivity index (χ1) is 17.0. The number of benzene rings is 3. The van der Waals surface area contributed by atoms with Crippen LogP contribution in [0, 0.1) is 0 Å². The molecule has 1 aliphatic heterocycles. The second-order valence-corrected chi connectivity index (χ2v) is 17.1. The van der Waals surface area contributed by atoms with Crippen molar-refractivity contribution >= 4 is 43.0 Å². The molecule has 1 aliphatic rings. The molecule has 0 unspecified atom stereocenters. The van der Waals surface area contributed by atoms with E-state index in [0.29, 0.717) is 12.8 Å². The predicted molar refractivity (Wildman–Crippen MR) is 145 cm³/mol. The Labute approximate surface area is 213 Å².